The standard InChI is InChI=1S/C15H24N2/c1-3-13-8-10-17(11-9-13)15-6-4-14(5-7-15)12(2)16/h4-7,12-13H,3,8-11,16H2,1-2H3/t12-/m1/s1. The Hall–Kier alpha value is -1.02. The summed E-state index contributed by atoms with van der Waals surface area (Å²) in [6.45, 7) is 6.74. The van der Waals surface area contributed by atoms with Gasteiger partial charge >= 0.3 is 0 Å². The SMILES string of the molecule is CCC1CCN(c2ccc([C@@H](C)N)cc2)CC1. The molecule has 2 rings (SSSR count). The highest BCUT2D eigenvalue weighted by molar-refractivity contribution is 5.48. The maximum absolute atomic E-state index is 5.86. The highest BCUT2D eigenvalue weighted by atomic mass is 15.1. The smallest absolute Gasteiger partial charge is 0.0366 e. The quantitative estimate of drug-likeness (QED) is 0.866. The summed E-state index contributed by atoms with van der Waals surface area (Å²) in [5.74, 6) is 0.939. The summed E-state index contributed by atoms with van der Waals surface area (Å²) < 4.78 is 0. The van der Waals surface area contributed by atoms with E-state index in [1.54, 1.807) is 0 Å². The third-order valence-electron chi connectivity index (χ3n) is 3.98. The minimum absolute atomic E-state index is 0.134. The summed E-state index contributed by atoms with van der Waals surface area (Å²) in [5, 5.41) is 0. The molecule has 1 aromatic carbocycles. The maximum Gasteiger partial charge on any atom is 0.0366 e. The Morgan fingerprint density at radius 1 is 1.24 bits per heavy atom. The van der Waals surface area contributed by atoms with Gasteiger partial charge in [0.1, 0.15) is 0 Å². The number of anilines is 1. The first kappa shape index (κ1) is 12.4. The van der Waals surface area contributed by atoms with Crippen LogP contribution in [-0.2, 0) is 0 Å². The summed E-state index contributed by atoms with van der Waals surface area (Å²) >= 11 is 0. The van der Waals surface area contributed by atoms with Crippen molar-refractivity contribution in [3.63, 3.8) is 0 Å². The van der Waals surface area contributed by atoms with E-state index in [2.05, 4.69) is 36.1 Å². The van der Waals surface area contributed by atoms with Crippen molar-refractivity contribution in [1.82, 2.24) is 0 Å². The van der Waals surface area contributed by atoms with E-state index in [0.29, 0.717) is 0 Å². The summed E-state index contributed by atoms with van der Waals surface area (Å²) in [7, 11) is 0. The van der Waals surface area contributed by atoms with Crippen LogP contribution < -0.4 is 10.6 Å². The molecule has 1 aliphatic rings. The molecule has 2 nitrogen and oxygen atoms in total. The van der Waals surface area contributed by atoms with Crippen LogP contribution in [0.1, 0.15) is 44.7 Å². The van der Waals surface area contributed by atoms with Crippen LogP contribution in [0.15, 0.2) is 24.3 Å². The topological polar surface area (TPSA) is 29.3 Å². The van der Waals surface area contributed by atoms with Crippen molar-refractivity contribution in [3.8, 4) is 0 Å². The number of nitrogens with zero attached hydrogens (tertiary/aromatic N) is 1. The van der Waals surface area contributed by atoms with E-state index in [-0.39, 0.29) is 6.04 Å². The third kappa shape index (κ3) is 3.01. The number of piperidine rings is 1. The van der Waals surface area contributed by atoms with Crippen molar-refractivity contribution in [2.24, 2.45) is 11.7 Å². The fraction of sp³-hybridized carbons (Fsp3) is 0.600. The van der Waals surface area contributed by atoms with Gasteiger partial charge in [0.25, 0.3) is 0 Å². The molecule has 0 unspecified atom stereocenters. The fourth-order valence-corrected chi connectivity index (χ4v) is 2.59. The van der Waals surface area contributed by atoms with Crippen molar-refractivity contribution in [1.29, 1.82) is 0 Å². The van der Waals surface area contributed by atoms with Gasteiger partial charge in [0, 0.05) is 24.8 Å². The molecular formula is C15H24N2. The first-order chi connectivity index (χ1) is 8.20. The van der Waals surface area contributed by atoms with Gasteiger partial charge in [-0.25, -0.2) is 0 Å². The van der Waals surface area contributed by atoms with Gasteiger partial charge in [0.05, 0.1) is 0 Å². The maximum atomic E-state index is 5.86. The Morgan fingerprint density at radius 2 is 1.82 bits per heavy atom. The molecule has 1 saturated heterocycles. The lowest BCUT2D eigenvalue weighted by molar-refractivity contribution is 0.395. The van der Waals surface area contributed by atoms with Crippen molar-refractivity contribution < 1.29 is 0 Å². The molecule has 2 N–H and O–H groups in total. The van der Waals surface area contributed by atoms with Gasteiger partial charge < -0.3 is 10.6 Å². The van der Waals surface area contributed by atoms with Gasteiger partial charge in [-0.1, -0.05) is 25.5 Å². The van der Waals surface area contributed by atoms with E-state index >= 15 is 0 Å². The number of hydrogen-bond donors (Lipinski definition) is 1. The molecule has 0 saturated carbocycles. The normalized spacial score (nSPS) is 19.4. The molecule has 1 atom stereocenters. The van der Waals surface area contributed by atoms with E-state index < -0.39 is 0 Å². The molecule has 2 heteroatoms. The predicted molar refractivity (Wildman–Crippen MR) is 74.3 cm³/mol. The number of benzene rings is 1. The van der Waals surface area contributed by atoms with Gasteiger partial charge in [-0.3, -0.25) is 0 Å². The minimum atomic E-state index is 0.134. The molecule has 17 heavy (non-hydrogen) atoms. The van der Waals surface area contributed by atoms with Crippen LogP contribution in [0.2, 0.25) is 0 Å². The van der Waals surface area contributed by atoms with Gasteiger partial charge in [-0.05, 0) is 43.4 Å². The van der Waals surface area contributed by atoms with Crippen LogP contribution in [0.3, 0.4) is 0 Å². The van der Waals surface area contributed by atoms with Crippen molar-refractivity contribution in [2.75, 3.05) is 18.0 Å². The molecule has 94 valence electrons. The number of nitrogens with two attached hydrogens (primary N) is 1. The molecule has 1 heterocycles. The van der Waals surface area contributed by atoms with E-state index in [0.717, 1.165) is 5.92 Å². The second-order valence-corrected chi connectivity index (χ2v) is 5.22. The molecule has 0 aromatic heterocycles. The largest absolute Gasteiger partial charge is 0.372 e. The number of hydrogen-bond acceptors (Lipinski definition) is 2. The number of rotatable bonds is 3. The lowest BCUT2D eigenvalue weighted by atomic mass is 9.94. The minimum Gasteiger partial charge on any atom is -0.372 e. The second kappa shape index (κ2) is 5.54. The van der Waals surface area contributed by atoms with Crippen LogP contribution in [0.4, 0.5) is 5.69 Å². The highest BCUT2D eigenvalue weighted by Crippen LogP contribution is 2.25. The zero-order chi connectivity index (χ0) is 12.3. The molecule has 1 aromatic rings. The summed E-state index contributed by atoms with van der Waals surface area (Å²) in [4.78, 5) is 2.50. The van der Waals surface area contributed by atoms with Crippen molar-refractivity contribution in [3.05, 3.63) is 29.8 Å². The second-order valence-electron chi connectivity index (χ2n) is 5.22. The van der Waals surface area contributed by atoms with Crippen LogP contribution in [0, 0.1) is 5.92 Å². The summed E-state index contributed by atoms with van der Waals surface area (Å²) in [6, 6.07) is 8.88. The zero-order valence-electron chi connectivity index (χ0n) is 11.0. The Bertz CT molecular complexity index is 334. The predicted octanol–water partition coefficient (Wildman–Crippen LogP) is 3.33. The molecular weight excluding hydrogens is 208 g/mol. The van der Waals surface area contributed by atoms with Crippen molar-refractivity contribution >= 4 is 5.69 Å². The van der Waals surface area contributed by atoms with E-state index in [4.69, 9.17) is 5.73 Å². The van der Waals surface area contributed by atoms with E-state index in [1.807, 2.05) is 6.92 Å². The van der Waals surface area contributed by atoms with Crippen LogP contribution in [-0.4, -0.2) is 13.1 Å². The van der Waals surface area contributed by atoms with Crippen LogP contribution >= 0.6 is 0 Å². The molecule has 0 aliphatic carbocycles. The Labute approximate surface area is 105 Å². The molecule has 0 spiro atoms. The highest BCUT2D eigenvalue weighted by Gasteiger charge is 2.17. The van der Waals surface area contributed by atoms with E-state index in [1.165, 1.54) is 43.6 Å². The third-order valence-corrected chi connectivity index (χ3v) is 3.98. The summed E-state index contributed by atoms with van der Waals surface area (Å²) in [6.07, 6.45) is 4.01. The Morgan fingerprint density at radius 3 is 2.29 bits per heavy atom. The molecule has 0 amide bonds. The molecule has 0 bridgehead atoms. The Balaban J connectivity index is 1.99. The average Bonchev–Trinajstić information content (AvgIpc) is 2.39. The van der Waals surface area contributed by atoms with Gasteiger partial charge in [-0.15, -0.1) is 0 Å². The lowest BCUT2D eigenvalue weighted by Gasteiger charge is -2.33. The van der Waals surface area contributed by atoms with Gasteiger partial charge in [-0.2, -0.15) is 0 Å². The average molecular weight is 232 g/mol. The zero-order valence-corrected chi connectivity index (χ0v) is 11.0. The monoisotopic (exact) mass is 232 g/mol. The first-order valence-corrected chi connectivity index (χ1v) is 6.81. The summed E-state index contributed by atoms with van der Waals surface area (Å²) in [5.41, 5.74) is 8.44. The van der Waals surface area contributed by atoms with Gasteiger partial charge in [0.15, 0.2) is 0 Å². The lowest BCUT2D eigenvalue weighted by Crippen LogP contribution is -2.33. The van der Waals surface area contributed by atoms with Crippen LogP contribution in [0.25, 0.3) is 0 Å². The molecule has 1 aliphatic heterocycles. The molecule has 1 fully saturated rings. The van der Waals surface area contributed by atoms with Crippen LogP contribution in [0.5, 0.6) is 0 Å². The molecule has 0 radical (unpaired) electrons. The first-order valence-electron chi connectivity index (χ1n) is 6.81. The fourth-order valence-electron chi connectivity index (χ4n) is 2.59. The van der Waals surface area contributed by atoms with Gasteiger partial charge in [0.2, 0.25) is 0 Å². The Kier molecular flexibility index (Phi) is 4.06. The van der Waals surface area contributed by atoms with E-state index in [9.17, 15) is 0 Å². The van der Waals surface area contributed by atoms with Crippen molar-refractivity contribution in [2.45, 2.75) is 39.2 Å².